The van der Waals surface area contributed by atoms with Gasteiger partial charge in [0.2, 0.25) is 0 Å². The molecule has 142 valence electrons. The van der Waals surface area contributed by atoms with E-state index < -0.39 is 8.07 Å². The minimum atomic E-state index is -1.62. The lowest BCUT2D eigenvalue weighted by atomic mass is 9.76. The van der Waals surface area contributed by atoms with Crippen LogP contribution in [0.15, 0.2) is 67.3 Å². The Morgan fingerprint density at radius 1 is 1.15 bits per heavy atom. The number of carbonyl (C=O) groups excluding carboxylic acids is 1. The van der Waals surface area contributed by atoms with Crippen LogP contribution in [0.5, 0.6) is 0 Å². The number of hydrogen-bond acceptors (Lipinski definition) is 2. The molecule has 0 aromatic heterocycles. The Morgan fingerprint density at radius 3 is 2.63 bits per heavy atom. The molecule has 0 amide bonds. The van der Waals surface area contributed by atoms with Gasteiger partial charge in [0.15, 0.2) is 0 Å². The molecule has 0 saturated heterocycles. The average molecular weight is 379 g/mol. The van der Waals surface area contributed by atoms with Crippen LogP contribution in [0.3, 0.4) is 0 Å². The molecule has 0 radical (unpaired) electrons. The van der Waals surface area contributed by atoms with Crippen molar-refractivity contribution in [2.45, 2.75) is 49.9 Å². The highest BCUT2D eigenvalue weighted by Crippen LogP contribution is 2.46. The van der Waals surface area contributed by atoms with E-state index in [-0.39, 0.29) is 5.41 Å². The summed E-state index contributed by atoms with van der Waals surface area (Å²) in [5.41, 5.74) is 2.60. The highest BCUT2D eigenvalue weighted by molar-refractivity contribution is 6.92. The summed E-state index contributed by atoms with van der Waals surface area (Å²) in [5, 5.41) is 1.52. The van der Waals surface area contributed by atoms with Gasteiger partial charge in [-0.3, -0.25) is 0 Å². The summed E-state index contributed by atoms with van der Waals surface area (Å²) >= 11 is 0. The molecule has 2 nitrogen and oxygen atoms in total. The van der Waals surface area contributed by atoms with Gasteiger partial charge < -0.3 is 9.53 Å². The number of benzene rings is 2. The van der Waals surface area contributed by atoms with Crippen molar-refractivity contribution in [1.29, 1.82) is 0 Å². The number of aldehydes is 1. The molecular formula is C24H30O2Si. The van der Waals surface area contributed by atoms with Gasteiger partial charge in [-0.1, -0.05) is 72.4 Å². The third-order valence-electron chi connectivity index (χ3n) is 6.00. The first-order valence-corrected chi connectivity index (χ1v) is 12.8. The summed E-state index contributed by atoms with van der Waals surface area (Å²) in [6.07, 6.45) is 5.80. The van der Waals surface area contributed by atoms with E-state index >= 15 is 0 Å². The monoisotopic (exact) mass is 378 g/mol. The van der Waals surface area contributed by atoms with E-state index in [0.29, 0.717) is 13.0 Å². The van der Waals surface area contributed by atoms with E-state index in [2.05, 4.69) is 55.6 Å². The molecule has 0 N–H and O–H groups in total. The molecule has 27 heavy (non-hydrogen) atoms. The van der Waals surface area contributed by atoms with Crippen LogP contribution in [0.1, 0.15) is 30.4 Å². The summed E-state index contributed by atoms with van der Waals surface area (Å²) in [6.45, 7) is 7.83. The minimum absolute atomic E-state index is 0.0154. The van der Waals surface area contributed by atoms with Crippen molar-refractivity contribution in [2.75, 3.05) is 6.61 Å². The zero-order valence-corrected chi connectivity index (χ0v) is 17.3. The summed E-state index contributed by atoms with van der Waals surface area (Å²) < 4.78 is 5.90. The molecule has 1 heterocycles. The molecular weight excluding hydrogens is 348 g/mol. The smallest absolute Gasteiger partial charge is 0.120 e. The fourth-order valence-electron chi connectivity index (χ4n) is 4.85. The molecule has 2 aromatic rings. The summed E-state index contributed by atoms with van der Waals surface area (Å²) in [7, 11) is -1.62. The maximum atomic E-state index is 11.6. The van der Waals surface area contributed by atoms with Crippen LogP contribution in [0.4, 0.5) is 0 Å². The van der Waals surface area contributed by atoms with Gasteiger partial charge in [-0.15, -0.1) is 6.58 Å². The Hall–Kier alpha value is -1.97. The number of fused-ring (bicyclic) bond motifs is 1. The zero-order valence-electron chi connectivity index (χ0n) is 16.3. The maximum absolute atomic E-state index is 11.6. The molecule has 1 aliphatic heterocycles. The van der Waals surface area contributed by atoms with Gasteiger partial charge in [0, 0.05) is 13.0 Å². The van der Waals surface area contributed by atoms with Gasteiger partial charge >= 0.3 is 0 Å². The number of rotatable bonds is 10. The molecule has 0 saturated carbocycles. The topological polar surface area (TPSA) is 26.3 Å². The molecule has 1 unspecified atom stereocenters. The van der Waals surface area contributed by atoms with Gasteiger partial charge in [0.05, 0.1) is 14.7 Å². The molecule has 3 heteroatoms. The predicted molar refractivity (Wildman–Crippen MR) is 115 cm³/mol. The highest BCUT2D eigenvalue weighted by Gasteiger charge is 2.49. The molecule has 2 atom stereocenters. The van der Waals surface area contributed by atoms with Gasteiger partial charge in [-0.2, -0.15) is 0 Å². The lowest BCUT2D eigenvalue weighted by Crippen LogP contribution is -2.41. The number of allylic oxidation sites excluding steroid dienone is 1. The van der Waals surface area contributed by atoms with Crippen LogP contribution >= 0.6 is 0 Å². The van der Waals surface area contributed by atoms with Gasteiger partial charge in [0.1, 0.15) is 6.29 Å². The van der Waals surface area contributed by atoms with Crippen LogP contribution in [0.25, 0.3) is 0 Å². The van der Waals surface area contributed by atoms with Crippen molar-refractivity contribution in [1.82, 2.24) is 0 Å². The Labute approximate surface area is 164 Å². The van der Waals surface area contributed by atoms with Gasteiger partial charge in [-0.05, 0) is 41.5 Å². The van der Waals surface area contributed by atoms with E-state index in [4.69, 9.17) is 4.74 Å². The zero-order chi connectivity index (χ0) is 19.2. The Morgan fingerprint density at radius 2 is 1.89 bits per heavy atom. The first-order chi connectivity index (χ1) is 13.1. The average Bonchev–Trinajstić information content (AvgIpc) is 2.92. The quantitative estimate of drug-likeness (QED) is 0.252. The van der Waals surface area contributed by atoms with Crippen LogP contribution in [0.2, 0.25) is 18.6 Å². The first kappa shape index (κ1) is 19.8. The van der Waals surface area contributed by atoms with Crippen molar-refractivity contribution in [3.63, 3.8) is 0 Å². The standard InChI is InChI=1S/C24H30O2Si/c1-3-18-27(2)20-24(15-16-25,22-12-7-8-13-23(22)27)14-9-17-26-19-21-10-5-4-6-11-21/h3-8,10-13,16H,1,9,14-15,17-20H2,2H3/t24-,27?/m1/s1. The second kappa shape index (κ2) is 8.81. The molecule has 0 spiro atoms. The molecule has 0 aliphatic carbocycles. The van der Waals surface area contributed by atoms with Gasteiger partial charge in [0.25, 0.3) is 0 Å². The molecule has 0 bridgehead atoms. The van der Waals surface area contributed by atoms with E-state index in [1.54, 1.807) is 0 Å². The predicted octanol–water partition coefficient (Wildman–Crippen LogP) is 5.00. The summed E-state index contributed by atoms with van der Waals surface area (Å²) in [4.78, 5) is 11.6. The number of ether oxygens (including phenoxy) is 1. The lowest BCUT2D eigenvalue weighted by molar-refractivity contribution is -0.108. The van der Waals surface area contributed by atoms with Crippen molar-refractivity contribution in [3.8, 4) is 0 Å². The molecule has 0 fully saturated rings. The molecule has 1 aliphatic rings. The van der Waals surface area contributed by atoms with Crippen molar-refractivity contribution < 1.29 is 9.53 Å². The minimum Gasteiger partial charge on any atom is -0.377 e. The third-order valence-corrected chi connectivity index (χ3v) is 10.4. The second-order valence-electron chi connectivity index (χ2n) is 8.07. The summed E-state index contributed by atoms with van der Waals surface area (Å²) in [6, 6.07) is 21.3. The lowest BCUT2D eigenvalue weighted by Gasteiger charge is -2.31. The van der Waals surface area contributed by atoms with Crippen LogP contribution < -0.4 is 5.19 Å². The van der Waals surface area contributed by atoms with E-state index in [0.717, 1.165) is 37.8 Å². The molecule has 3 rings (SSSR count). The fraction of sp³-hybridized carbons (Fsp3) is 0.375. The largest absolute Gasteiger partial charge is 0.377 e. The maximum Gasteiger partial charge on any atom is 0.120 e. The molecule has 2 aromatic carbocycles. The normalized spacial score (nSPS) is 23.7. The van der Waals surface area contributed by atoms with Crippen molar-refractivity contribution in [3.05, 3.63) is 78.4 Å². The van der Waals surface area contributed by atoms with E-state index in [9.17, 15) is 4.79 Å². The number of hydrogen-bond donors (Lipinski definition) is 0. The second-order valence-corrected chi connectivity index (χ2v) is 12.5. The first-order valence-electron chi connectivity index (χ1n) is 9.90. The van der Waals surface area contributed by atoms with Crippen LogP contribution in [-0.4, -0.2) is 21.0 Å². The Balaban J connectivity index is 1.68. The highest BCUT2D eigenvalue weighted by atomic mass is 28.3. The van der Waals surface area contributed by atoms with Crippen molar-refractivity contribution in [2.24, 2.45) is 0 Å². The fourth-order valence-corrected chi connectivity index (χ4v) is 9.55. The van der Waals surface area contributed by atoms with Gasteiger partial charge in [-0.25, -0.2) is 0 Å². The Kier molecular flexibility index (Phi) is 6.45. The number of carbonyl (C=O) groups is 1. The van der Waals surface area contributed by atoms with Crippen LogP contribution in [-0.2, 0) is 21.6 Å². The SMILES string of the molecule is C=CC[Si]1(C)C[C@](CC=O)(CCCOCc2ccccc2)c2ccccc21. The third kappa shape index (κ3) is 4.31. The van der Waals surface area contributed by atoms with Crippen LogP contribution in [0, 0.1) is 0 Å². The van der Waals surface area contributed by atoms with Crippen molar-refractivity contribution >= 4 is 19.5 Å². The Bertz CT molecular complexity index is 773. The van der Waals surface area contributed by atoms with E-state index in [1.165, 1.54) is 16.3 Å². The summed E-state index contributed by atoms with van der Waals surface area (Å²) in [5.74, 6) is 0. The van der Waals surface area contributed by atoms with E-state index in [1.807, 2.05) is 18.2 Å².